The molecule has 202 valence electrons. The molecule has 2 atom stereocenters. The number of ether oxygens (including phenoxy) is 3. The van der Waals surface area contributed by atoms with Gasteiger partial charge in [0.15, 0.2) is 0 Å². The summed E-state index contributed by atoms with van der Waals surface area (Å²) in [5, 5.41) is 11.5. The lowest BCUT2D eigenvalue weighted by Crippen LogP contribution is -2.23. The van der Waals surface area contributed by atoms with Crippen LogP contribution in [0.1, 0.15) is 98.7 Å². The number of hydrogen-bond acceptors (Lipinski definition) is 7. The van der Waals surface area contributed by atoms with Crippen molar-refractivity contribution in [1.82, 2.24) is 0 Å². The van der Waals surface area contributed by atoms with Gasteiger partial charge in [-0.2, -0.15) is 0 Å². The third kappa shape index (κ3) is 6.63. The summed E-state index contributed by atoms with van der Waals surface area (Å²) in [4.78, 5) is 38.0. The molecule has 2 aliphatic rings. The number of phenols is 1. The quantitative estimate of drug-likeness (QED) is 0.370. The minimum absolute atomic E-state index is 0.0286. The number of cyclic esters (lactones) is 1. The Kier molecular flexibility index (Phi) is 8.87. The van der Waals surface area contributed by atoms with Crippen LogP contribution in [0.25, 0.3) is 6.08 Å². The van der Waals surface area contributed by atoms with Crippen LogP contribution < -0.4 is 9.47 Å². The first-order chi connectivity index (χ1) is 18.2. The Morgan fingerprint density at radius 1 is 1.08 bits per heavy atom. The van der Waals surface area contributed by atoms with Gasteiger partial charge in [-0.1, -0.05) is 38.1 Å². The standard InChI is InChI=1S/C31H36O7/c1-19(2)18-36-24-14-12-21(13-15-24)25-17-27(33)38-26-16-22-9-5-4-6-10-23(32)11-7-8-20(3)37-31(35)28(22)30(34)29(25)26/h5,9,12-16,19-20,25,34H,4,6-8,10-11,17-18H2,1-3H3/t20-,25-/m1/s1. The van der Waals surface area contributed by atoms with Gasteiger partial charge in [0, 0.05) is 24.3 Å². The summed E-state index contributed by atoms with van der Waals surface area (Å²) in [7, 11) is 0. The molecule has 2 aromatic carbocycles. The van der Waals surface area contributed by atoms with Gasteiger partial charge in [0.25, 0.3) is 0 Å². The van der Waals surface area contributed by atoms with Gasteiger partial charge in [-0.05, 0) is 67.9 Å². The SMILES string of the molecule is CC(C)COc1ccc([C@H]2CC(=O)Oc3cc4c(c(O)c32)C(=O)O[C@H](C)CCCC(=O)CCCC=C4)cc1. The fourth-order valence-corrected chi connectivity index (χ4v) is 4.86. The van der Waals surface area contributed by atoms with Crippen LogP contribution in [0, 0.1) is 5.92 Å². The maximum Gasteiger partial charge on any atom is 0.342 e. The first kappa shape index (κ1) is 27.4. The van der Waals surface area contributed by atoms with Gasteiger partial charge in [0.1, 0.15) is 28.6 Å². The van der Waals surface area contributed by atoms with Gasteiger partial charge in [0.05, 0.1) is 19.1 Å². The van der Waals surface area contributed by atoms with Crippen LogP contribution in [0.5, 0.6) is 17.2 Å². The molecule has 0 saturated carbocycles. The second-order valence-electron chi connectivity index (χ2n) is 10.5. The Balaban J connectivity index is 1.73. The number of hydrogen-bond donors (Lipinski definition) is 1. The number of aromatic hydroxyl groups is 1. The van der Waals surface area contributed by atoms with E-state index in [2.05, 4.69) is 13.8 Å². The van der Waals surface area contributed by atoms with Crippen LogP contribution >= 0.6 is 0 Å². The zero-order valence-electron chi connectivity index (χ0n) is 22.3. The molecule has 2 heterocycles. The van der Waals surface area contributed by atoms with Crippen molar-refractivity contribution < 1.29 is 33.7 Å². The van der Waals surface area contributed by atoms with E-state index < -0.39 is 24.0 Å². The largest absolute Gasteiger partial charge is 0.507 e. The van der Waals surface area contributed by atoms with Crippen molar-refractivity contribution in [3.8, 4) is 17.2 Å². The molecule has 2 aliphatic heterocycles. The molecule has 0 amide bonds. The summed E-state index contributed by atoms with van der Waals surface area (Å²) in [6, 6.07) is 9.05. The van der Waals surface area contributed by atoms with E-state index in [0.717, 1.165) is 11.3 Å². The lowest BCUT2D eigenvalue weighted by molar-refractivity contribution is -0.135. The fourth-order valence-electron chi connectivity index (χ4n) is 4.86. The summed E-state index contributed by atoms with van der Waals surface area (Å²) in [5.41, 5.74) is 1.66. The number of Topliss-reactive ketones (excluding diaryl/α,β-unsaturated/α-hetero) is 1. The summed E-state index contributed by atoms with van der Waals surface area (Å²) in [6.45, 7) is 6.52. The zero-order valence-corrected chi connectivity index (χ0v) is 22.3. The summed E-state index contributed by atoms with van der Waals surface area (Å²) in [6.07, 6.45) is 6.70. The fraction of sp³-hybridized carbons (Fsp3) is 0.452. The van der Waals surface area contributed by atoms with E-state index in [0.29, 0.717) is 62.2 Å². The zero-order chi connectivity index (χ0) is 27.2. The van der Waals surface area contributed by atoms with E-state index in [1.54, 1.807) is 19.1 Å². The van der Waals surface area contributed by atoms with Crippen LogP contribution in [0.3, 0.4) is 0 Å². The Labute approximate surface area is 223 Å². The average Bonchev–Trinajstić information content (AvgIpc) is 2.86. The highest BCUT2D eigenvalue weighted by Gasteiger charge is 2.35. The van der Waals surface area contributed by atoms with E-state index in [4.69, 9.17) is 14.2 Å². The van der Waals surface area contributed by atoms with Gasteiger partial charge in [-0.25, -0.2) is 4.79 Å². The summed E-state index contributed by atoms with van der Waals surface area (Å²) >= 11 is 0. The van der Waals surface area contributed by atoms with E-state index in [-0.39, 0.29) is 29.3 Å². The second-order valence-corrected chi connectivity index (χ2v) is 10.5. The van der Waals surface area contributed by atoms with Gasteiger partial charge in [0.2, 0.25) is 0 Å². The number of carbonyl (C=O) groups is 3. The minimum atomic E-state index is -0.645. The summed E-state index contributed by atoms with van der Waals surface area (Å²) in [5.74, 6) is -0.248. The Morgan fingerprint density at radius 2 is 1.82 bits per heavy atom. The van der Waals surface area contributed by atoms with Gasteiger partial charge in [-0.3, -0.25) is 9.59 Å². The average molecular weight is 521 g/mol. The highest BCUT2D eigenvalue weighted by molar-refractivity contribution is 5.98. The molecule has 7 heteroatoms. The molecule has 2 aromatic rings. The Hall–Kier alpha value is -3.61. The van der Waals surface area contributed by atoms with E-state index in [1.807, 2.05) is 30.3 Å². The molecule has 0 radical (unpaired) electrons. The molecule has 0 aromatic heterocycles. The summed E-state index contributed by atoms with van der Waals surface area (Å²) < 4.78 is 17.0. The molecular weight excluding hydrogens is 484 g/mol. The number of phenolic OH excluding ortho intramolecular Hbond substituents is 1. The molecule has 38 heavy (non-hydrogen) atoms. The van der Waals surface area contributed by atoms with E-state index >= 15 is 0 Å². The van der Waals surface area contributed by atoms with Crippen LogP contribution in [0.4, 0.5) is 0 Å². The maximum atomic E-state index is 13.3. The van der Waals surface area contributed by atoms with E-state index in [9.17, 15) is 19.5 Å². The van der Waals surface area contributed by atoms with Crippen molar-refractivity contribution in [3.63, 3.8) is 0 Å². The molecule has 4 rings (SSSR count). The normalized spacial score (nSPS) is 20.7. The molecular formula is C31H36O7. The van der Waals surface area contributed by atoms with Crippen molar-refractivity contribution in [2.45, 2.75) is 77.7 Å². The monoisotopic (exact) mass is 520 g/mol. The first-order valence-electron chi connectivity index (χ1n) is 13.5. The van der Waals surface area contributed by atoms with Gasteiger partial charge < -0.3 is 19.3 Å². The second kappa shape index (κ2) is 12.3. The molecule has 0 spiro atoms. The number of ketones is 1. The van der Waals surface area contributed by atoms with Crippen LogP contribution in [0.15, 0.2) is 36.4 Å². The first-order valence-corrected chi connectivity index (χ1v) is 13.5. The predicted octanol–water partition coefficient (Wildman–Crippen LogP) is 6.35. The highest BCUT2D eigenvalue weighted by Crippen LogP contribution is 2.47. The lowest BCUT2D eigenvalue weighted by atomic mass is 9.83. The highest BCUT2D eigenvalue weighted by atomic mass is 16.5. The van der Waals surface area contributed by atoms with Crippen LogP contribution in [0.2, 0.25) is 0 Å². The van der Waals surface area contributed by atoms with Gasteiger partial charge >= 0.3 is 11.9 Å². The van der Waals surface area contributed by atoms with Gasteiger partial charge in [-0.15, -0.1) is 0 Å². The Bertz CT molecular complexity index is 1210. The van der Waals surface area contributed by atoms with Crippen LogP contribution in [-0.4, -0.2) is 35.5 Å². The molecule has 0 fully saturated rings. The number of fused-ring (bicyclic) bond motifs is 2. The molecule has 0 saturated heterocycles. The predicted molar refractivity (Wildman–Crippen MR) is 144 cm³/mol. The van der Waals surface area contributed by atoms with E-state index in [1.165, 1.54) is 0 Å². The number of benzene rings is 2. The lowest BCUT2D eigenvalue weighted by Gasteiger charge is -2.28. The number of esters is 2. The van der Waals surface area contributed by atoms with Crippen molar-refractivity contribution in [2.24, 2.45) is 5.92 Å². The van der Waals surface area contributed by atoms with Crippen molar-refractivity contribution >= 4 is 23.8 Å². The smallest absolute Gasteiger partial charge is 0.342 e. The molecule has 0 aliphatic carbocycles. The number of rotatable bonds is 4. The molecule has 7 nitrogen and oxygen atoms in total. The Morgan fingerprint density at radius 3 is 2.55 bits per heavy atom. The maximum absolute atomic E-state index is 13.3. The van der Waals surface area contributed by atoms with Crippen molar-refractivity contribution in [2.75, 3.05) is 6.61 Å². The van der Waals surface area contributed by atoms with Crippen LogP contribution in [-0.2, 0) is 14.3 Å². The molecule has 0 bridgehead atoms. The molecule has 0 unspecified atom stereocenters. The number of carbonyl (C=O) groups excluding carboxylic acids is 3. The minimum Gasteiger partial charge on any atom is -0.507 e. The molecule has 1 N–H and O–H groups in total. The topological polar surface area (TPSA) is 99.1 Å². The third-order valence-electron chi connectivity index (χ3n) is 6.84. The van der Waals surface area contributed by atoms with Crippen molar-refractivity contribution in [3.05, 3.63) is 58.7 Å². The van der Waals surface area contributed by atoms with Crippen molar-refractivity contribution in [1.29, 1.82) is 0 Å². The number of allylic oxidation sites excluding steroid dienone is 1. The third-order valence-corrected chi connectivity index (χ3v) is 6.84.